The van der Waals surface area contributed by atoms with E-state index in [1.807, 2.05) is 13.0 Å². The summed E-state index contributed by atoms with van der Waals surface area (Å²) < 4.78 is 0. The normalized spacial score (nSPS) is 20.7. The van der Waals surface area contributed by atoms with Crippen molar-refractivity contribution in [2.45, 2.75) is 39.2 Å². The lowest BCUT2D eigenvalue weighted by Gasteiger charge is -2.23. The number of rotatable bonds is 4. The summed E-state index contributed by atoms with van der Waals surface area (Å²) in [6.45, 7) is 3.89. The second-order valence-corrected chi connectivity index (χ2v) is 6.15. The van der Waals surface area contributed by atoms with E-state index in [4.69, 9.17) is 0 Å². The fourth-order valence-electron chi connectivity index (χ4n) is 2.96. The molecule has 0 spiro atoms. The Bertz CT molecular complexity index is 571. The number of hydrogen-bond donors (Lipinski definition) is 2. The molecular weight excluding hydrogens is 280 g/mol. The van der Waals surface area contributed by atoms with Gasteiger partial charge in [0.2, 0.25) is 5.91 Å². The van der Waals surface area contributed by atoms with Gasteiger partial charge in [0.1, 0.15) is 0 Å². The van der Waals surface area contributed by atoms with E-state index < -0.39 is 0 Å². The first-order valence-electron chi connectivity index (χ1n) is 7.70. The van der Waals surface area contributed by atoms with Crippen molar-refractivity contribution in [1.29, 1.82) is 0 Å². The molecule has 0 saturated heterocycles. The quantitative estimate of drug-likeness (QED) is 0.896. The van der Waals surface area contributed by atoms with Gasteiger partial charge in [0.25, 0.3) is 5.91 Å². The van der Waals surface area contributed by atoms with Crippen LogP contribution in [0.2, 0.25) is 0 Å². The third kappa shape index (κ3) is 3.85. The van der Waals surface area contributed by atoms with Gasteiger partial charge in [0.15, 0.2) is 0 Å². The maximum absolute atomic E-state index is 12.5. The molecule has 1 aromatic rings. The van der Waals surface area contributed by atoms with Gasteiger partial charge in [0, 0.05) is 37.7 Å². The minimum atomic E-state index is -0.303. The second-order valence-electron chi connectivity index (χ2n) is 6.15. The molecule has 0 bridgehead atoms. The van der Waals surface area contributed by atoms with Gasteiger partial charge in [-0.3, -0.25) is 9.59 Å². The summed E-state index contributed by atoms with van der Waals surface area (Å²) in [4.78, 5) is 25.4. The molecule has 0 aromatic heterocycles. The van der Waals surface area contributed by atoms with Crippen molar-refractivity contribution >= 4 is 17.5 Å². The highest BCUT2D eigenvalue weighted by molar-refractivity contribution is 5.97. The van der Waals surface area contributed by atoms with Crippen LogP contribution in [0.3, 0.4) is 0 Å². The molecular formula is C17H24N2O3. The average molecular weight is 304 g/mol. The molecule has 0 aliphatic heterocycles. The molecule has 5 nitrogen and oxygen atoms in total. The number of benzene rings is 1. The van der Waals surface area contributed by atoms with Crippen molar-refractivity contribution in [3.63, 3.8) is 0 Å². The Kier molecular flexibility index (Phi) is 5.19. The minimum Gasteiger partial charge on any atom is -0.393 e. The number of carbonyl (C=O) groups excluding carboxylic acids is 2. The van der Waals surface area contributed by atoms with Gasteiger partial charge < -0.3 is 15.3 Å². The number of nitrogens with one attached hydrogen (secondary N) is 1. The molecule has 1 aliphatic carbocycles. The van der Waals surface area contributed by atoms with Crippen molar-refractivity contribution in [2.24, 2.45) is 5.92 Å². The van der Waals surface area contributed by atoms with E-state index in [0.29, 0.717) is 17.8 Å². The summed E-state index contributed by atoms with van der Waals surface area (Å²) in [7, 11) is 1.76. The van der Waals surface area contributed by atoms with Gasteiger partial charge in [-0.25, -0.2) is 0 Å². The summed E-state index contributed by atoms with van der Waals surface area (Å²) in [6, 6.07) is 5.31. The van der Waals surface area contributed by atoms with Crippen molar-refractivity contribution < 1.29 is 14.7 Å². The molecule has 1 aromatic carbocycles. The predicted octanol–water partition coefficient (Wildman–Crippen LogP) is 2.19. The molecule has 2 amide bonds. The molecule has 2 unspecified atom stereocenters. The number of aryl methyl sites for hydroxylation is 1. The van der Waals surface area contributed by atoms with Gasteiger partial charge in [-0.05, 0) is 37.5 Å². The Morgan fingerprint density at radius 2 is 2.09 bits per heavy atom. The SMILES string of the molecule is CC(=O)Nc1cc(C(=O)N(C)CC2CCCC2O)ccc1C. The van der Waals surface area contributed by atoms with Crippen LogP contribution in [0.5, 0.6) is 0 Å². The fraction of sp³-hybridized carbons (Fsp3) is 0.529. The molecule has 2 N–H and O–H groups in total. The number of carbonyl (C=O) groups is 2. The highest BCUT2D eigenvalue weighted by Gasteiger charge is 2.27. The van der Waals surface area contributed by atoms with Gasteiger partial charge in [-0.1, -0.05) is 12.5 Å². The van der Waals surface area contributed by atoms with Crippen LogP contribution in [-0.2, 0) is 4.79 Å². The zero-order valence-corrected chi connectivity index (χ0v) is 13.4. The zero-order chi connectivity index (χ0) is 16.3. The summed E-state index contributed by atoms with van der Waals surface area (Å²) in [5.74, 6) is -0.0879. The molecule has 2 atom stereocenters. The molecule has 0 heterocycles. The van der Waals surface area contributed by atoms with Gasteiger partial charge >= 0.3 is 0 Å². The summed E-state index contributed by atoms with van der Waals surface area (Å²) in [5, 5.41) is 12.6. The topological polar surface area (TPSA) is 69.6 Å². The largest absolute Gasteiger partial charge is 0.393 e. The third-order valence-electron chi connectivity index (χ3n) is 4.27. The first-order chi connectivity index (χ1) is 10.4. The van der Waals surface area contributed by atoms with E-state index in [1.54, 1.807) is 24.1 Å². The Morgan fingerprint density at radius 3 is 2.68 bits per heavy atom. The Balaban J connectivity index is 2.09. The Hall–Kier alpha value is -1.88. The molecule has 0 radical (unpaired) electrons. The average Bonchev–Trinajstić information content (AvgIpc) is 2.85. The maximum Gasteiger partial charge on any atom is 0.253 e. The van der Waals surface area contributed by atoms with Crippen LogP contribution in [0, 0.1) is 12.8 Å². The first kappa shape index (κ1) is 16.5. The minimum absolute atomic E-state index is 0.0919. The number of hydrogen-bond acceptors (Lipinski definition) is 3. The van der Waals surface area contributed by atoms with Crippen molar-refractivity contribution in [3.05, 3.63) is 29.3 Å². The second kappa shape index (κ2) is 6.92. The zero-order valence-electron chi connectivity index (χ0n) is 13.4. The lowest BCUT2D eigenvalue weighted by molar-refractivity contribution is -0.114. The molecule has 5 heteroatoms. The van der Waals surface area contributed by atoms with Crippen LogP contribution < -0.4 is 5.32 Å². The van der Waals surface area contributed by atoms with E-state index in [1.165, 1.54) is 6.92 Å². The van der Waals surface area contributed by atoms with Gasteiger partial charge in [-0.2, -0.15) is 0 Å². The molecule has 1 aliphatic rings. The summed E-state index contributed by atoms with van der Waals surface area (Å²) in [6.07, 6.45) is 2.50. The fourth-order valence-corrected chi connectivity index (χ4v) is 2.96. The van der Waals surface area contributed by atoms with Crippen LogP contribution in [0.15, 0.2) is 18.2 Å². The van der Waals surface area contributed by atoms with Crippen LogP contribution in [-0.4, -0.2) is 41.5 Å². The number of aliphatic hydroxyl groups excluding tert-OH is 1. The Labute approximate surface area is 131 Å². The molecule has 120 valence electrons. The van der Waals surface area contributed by atoms with E-state index >= 15 is 0 Å². The highest BCUT2D eigenvalue weighted by atomic mass is 16.3. The van der Waals surface area contributed by atoms with Crippen molar-refractivity contribution in [1.82, 2.24) is 4.90 Å². The maximum atomic E-state index is 12.5. The first-order valence-corrected chi connectivity index (χ1v) is 7.70. The van der Waals surface area contributed by atoms with Crippen molar-refractivity contribution in [3.8, 4) is 0 Å². The molecule has 2 rings (SSSR count). The van der Waals surface area contributed by atoms with Crippen molar-refractivity contribution in [2.75, 3.05) is 18.9 Å². The highest BCUT2D eigenvalue weighted by Crippen LogP contribution is 2.26. The number of amides is 2. The number of aliphatic hydroxyl groups is 1. The standard InChI is InChI=1S/C17H24N2O3/c1-11-7-8-13(9-15(11)18-12(2)20)17(22)19(3)10-14-5-4-6-16(14)21/h7-9,14,16,21H,4-6,10H2,1-3H3,(H,18,20). The monoisotopic (exact) mass is 304 g/mol. The molecule has 1 saturated carbocycles. The number of anilines is 1. The van der Waals surface area contributed by atoms with Crippen LogP contribution >= 0.6 is 0 Å². The molecule has 1 fully saturated rings. The smallest absolute Gasteiger partial charge is 0.253 e. The van der Waals surface area contributed by atoms with E-state index in [-0.39, 0.29) is 23.8 Å². The van der Waals surface area contributed by atoms with E-state index in [0.717, 1.165) is 24.8 Å². The Morgan fingerprint density at radius 1 is 1.36 bits per heavy atom. The lowest BCUT2D eigenvalue weighted by Crippen LogP contribution is -2.34. The van der Waals surface area contributed by atoms with Gasteiger partial charge in [-0.15, -0.1) is 0 Å². The van der Waals surface area contributed by atoms with Gasteiger partial charge in [0.05, 0.1) is 6.10 Å². The van der Waals surface area contributed by atoms with Crippen LogP contribution in [0.4, 0.5) is 5.69 Å². The molecule has 22 heavy (non-hydrogen) atoms. The third-order valence-corrected chi connectivity index (χ3v) is 4.27. The van der Waals surface area contributed by atoms with E-state index in [9.17, 15) is 14.7 Å². The number of nitrogens with zero attached hydrogens (tertiary/aromatic N) is 1. The van der Waals surface area contributed by atoms with Crippen LogP contribution in [0.1, 0.15) is 42.1 Å². The lowest BCUT2D eigenvalue weighted by atomic mass is 10.0. The predicted molar refractivity (Wildman–Crippen MR) is 85.8 cm³/mol. The summed E-state index contributed by atoms with van der Waals surface area (Å²) in [5.41, 5.74) is 2.12. The summed E-state index contributed by atoms with van der Waals surface area (Å²) >= 11 is 0. The van der Waals surface area contributed by atoms with E-state index in [2.05, 4.69) is 5.32 Å². The van der Waals surface area contributed by atoms with Crippen LogP contribution in [0.25, 0.3) is 0 Å².